The molecule has 2 N–H and O–H groups in total. The van der Waals surface area contributed by atoms with E-state index in [1.807, 2.05) is 6.92 Å². The number of primary sulfonamides is 1. The summed E-state index contributed by atoms with van der Waals surface area (Å²) in [6.45, 7) is 3.57. The number of carbonyl (C=O) groups excluding carboxylic acids is 1. The van der Waals surface area contributed by atoms with Crippen LogP contribution < -0.4 is 5.14 Å². The fraction of sp³-hybridized carbons (Fsp3) is 0.462. The summed E-state index contributed by atoms with van der Waals surface area (Å²) in [6.07, 6.45) is 2.54. The fourth-order valence-electron chi connectivity index (χ4n) is 1.71. The molecule has 0 spiro atoms. The average molecular weight is 303 g/mol. The summed E-state index contributed by atoms with van der Waals surface area (Å²) in [5, 5.41) is 5.01. The lowest BCUT2D eigenvalue weighted by molar-refractivity contribution is 0.0492. The van der Waals surface area contributed by atoms with Crippen LogP contribution in [0.2, 0.25) is 0 Å². The number of carbonyl (C=O) groups is 1. The zero-order valence-electron chi connectivity index (χ0n) is 11.5. The van der Waals surface area contributed by atoms with Gasteiger partial charge in [-0.05, 0) is 31.0 Å². The van der Waals surface area contributed by atoms with Gasteiger partial charge in [0.25, 0.3) is 0 Å². The highest BCUT2D eigenvalue weighted by Crippen LogP contribution is 2.20. The van der Waals surface area contributed by atoms with Gasteiger partial charge in [-0.2, -0.15) is 0 Å². The number of hydrogen-bond acceptors (Lipinski definition) is 4. The van der Waals surface area contributed by atoms with Crippen molar-refractivity contribution in [3.63, 3.8) is 0 Å². The first-order valence-corrected chi connectivity index (χ1v) is 7.82. The van der Waals surface area contributed by atoms with Crippen molar-refractivity contribution in [1.29, 1.82) is 0 Å². The van der Waals surface area contributed by atoms with Crippen LogP contribution in [0.1, 0.15) is 42.1 Å². The van der Waals surface area contributed by atoms with E-state index in [0.29, 0.717) is 6.42 Å². The topological polar surface area (TPSA) is 86.5 Å². The Hall–Kier alpha value is -1.47. The van der Waals surface area contributed by atoms with Crippen molar-refractivity contribution < 1.29 is 22.3 Å². The molecule has 112 valence electrons. The summed E-state index contributed by atoms with van der Waals surface area (Å²) in [7, 11) is -4.01. The predicted octanol–water partition coefficient (Wildman–Crippen LogP) is 2.13. The third-order valence-corrected chi connectivity index (χ3v) is 3.82. The van der Waals surface area contributed by atoms with Crippen LogP contribution in [-0.2, 0) is 14.8 Å². The summed E-state index contributed by atoms with van der Waals surface area (Å²) in [5.74, 6) is -1.71. The van der Waals surface area contributed by atoms with Crippen molar-refractivity contribution in [2.24, 2.45) is 5.14 Å². The zero-order chi connectivity index (χ0) is 15.3. The van der Waals surface area contributed by atoms with Gasteiger partial charge in [0.05, 0.1) is 17.1 Å². The molecule has 0 fully saturated rings. The smallest absolute Gasteiger partial charge is 0.341 e. The standard InChI is InChI=1S/C13H18FNO4S/c1-3-4-5-6-19-13(16)10-8-12(20(15,17)18)9(2)7-11(10)14/h7-8H,3-6H2,1-2H3,(H2,15,17,18). The molecule has 0 saturated heterocycles. The average Bonchev–Trinajstić information content (AvgIpc) is 2.32. The Morgan fingerprint density at radius 3 is 2.55 bits per heavy atom. The minimum Gasteiger partial charge on any atom is -0.462 e. The minimum absolute atomic E-state index is 0.146. The molecule has 0 aliphatic carbocycles. The maximum absolute atomic E-state index is 13.7. The van der Waals surface area contributed by atoms with Crippen LogP contribution in [0.3, 0.4) is 0 Å². The molecular formula is C13H18FNO4S. The van der Waals surface area contributed by atoms with Gasteiger partial charge in [0.1, 0.15) is 5.82 Å². The van der Waals surface area contributed by atoms with Gasteiger partial charge in [-0.1, -0.05) is 19.8 Å². The van der Waals surface area contributed by atoms with Gasteiger partial charge in [0.2, 0.25) is 10.0 Å². The predicted molar refractivity (Wildman–Crippen MR) is 72.3 cm³/mol. The Morgan fingerprint density at radius 1 is 1.35 bits per heavy atom. The third-order valence-electron chi connectivity index (χ3n) is 2.77. The molecule has 1 rings (SSSR count). The van der Waals surface area contributed by atoms with Gasteiger partial charge in [-0.25, -0.2) is 22.7 Å². The number of sulfonamides is 1. The lowest BCUT2D eigenvalue weighted by Crippen LogP contribution is -2.16. The fourth-order valence-corrected chi connectivity index (χ4v) is 2.50. The molecule has 0 amide bonds. The number of halogens is 1. The molecule has 0 heterocycles. The van der Waals surface area contributed by atoms with Crippen molar-refractivity contribution in [3.05, 3.63) is 29.1 Å². The Labute approximate surface area is 118 Å². The molecule has 0 aromatic heterocycles. The van der Waals surface area contributed by atoms with Crippen molar-refractivity contribution in [3.8, 4) is 0 Å². The highest BCUT2D eigenvalue weighted by molar-refractivity contribution is 7.89. The van der Waals surface area contributed by atoms with Gasteiger partial charge in [-0.3, -0.25) is 0 Å². The Kier molecular flexibility index (Phi) is 5.64. The van der Waals surface area contributed by atoms with E-state index in [1.165, 1.54) is 6.92 Å². The quantitative estimate of drug-likeness (QED) is 0.644. The molecule has 0 unspecified atom stereocenters. The number of aryl methyl sites for hydroxylation is 1. The monoisotopic (exact) mass is 303 g/mol. The first-order chi connectivity index (χ1) is 9.27. The Bertz CT molecular complexity index is 599. The Morgan fingerprint density at radius 2 is 2.00 bits per heavy atom. The molecule has 0 radical (unpaired) electrons. The van der Waals surface area contributed by atoms with Crippen LogP contribution in [-0.4, -0.2) is 21.0 Å². The zero-order valence-corrected chi connectivity index (χ0v) is 12.3. The molecule has 1 aromatic carbocycles. The van der Waals surface area contributed by atoms with E-state index in [9.17, 15) is 17.6 Å². The van der Waals surface area contributed by atoms with Crippen LogP contribution in [0.5, 0.6) is 0 Å². The normalized spacial score (nSPS) is 11.4. The summed E-state index contributed by atoms with van der Waals surface area (Å²) in [4.78, 5) is 11.4. The summed E-state index contributed by atoms with van der Waals surface area (Å²) in [5.41, 5.74) is -0.274. The van der Waals surface area contributed by atoms with Crippen LogP contribution >= 0.6 is 0 Å². The van der Waals surface area contributed by atoms with E-state index in [0.717, 1.165) is 25.0 Å². The minimum atomic E-state index is -4.01. The number of esters is 1. The molecule has 5 nitrogen and oxygen atoms in total. The second-order valence-electron chi connectivity index (χ2n) is 4.49. The van der Waals surface area contributed by atoms with Crippen LogP contribution in [0.4, 0.5) is 4.39 Å². The van der Waals surface area contributed by atoms with Crippen LogP contribution in [0.15, 0.2) is 17.0 Å². The molecule has 0 aliphatic rings. The molecule has 7 heteroatoms. The molecule has 0 saturated carbocycles. The summed E-state index contributed by atoms with van der Waals surface area (Å²) >= 11 is 0. The highest BCUT2D eigenvalue weighted by atomic mass is 32.2. The van der Waals surface area contributed by atoms with E-state index in [2.05, 4.69) is 0 Å². The lowest BCUT2D eigenvalue weighted by Gasteiger charge is -2.09. The van der Waals surface area contributed by atoms with Gasteiger partial charge < -0.3 is 4.74 Å². The molecule has 0 aliphatic heterocycles. The van der Waals surface area contributed by atoms with Gasteiger partial charge in [0.15, 0.2) is 0 Å². The number of benzene rings is 1. The van der Waals surface area contributed by atoms with Crippen molar-refractivity contribution in [1.82, 2.24) is 0 Å². The van der Waals surface area contributed by atoms with Crippen molar-refractivity contribution in [2.45, 2.75) is 38.0 Å². The number of nitrogens with two attached hydrogens (primary N) is 1. The summed E-state index contributed by atoms with van der Waals surface area (Å²) < 4.78 is 41.3. The molecule has 0 atom stereocenters. The summed E-state index contributed by atoms with van der Waals surface area (Å²) in [6, 6.07) is 1.88. The largest absolute Gasteiger partial charge is 0.462 e. The van der Waals surface area contributed by atoms with E-state index in [-0.39, 0.29) is 17.1 Å². The van der Waals surface area contributed by atoms with Crippen molar-refractivity contribution >= 4 is 16.0 Å². The maximum atomic E-state index is 13.7. The van der Waals surface area contributed by atoms with E-state index in [1.54, 1.807) is 0 Å². The molecule has 0 bridgehead atoms. The van der Waals surface area contributed by atoms with Crippen LogP contribution in [0.25, 0.3) is 0 Å². The molecule has 20 heavy (non-hydrogen) atoms. The second-order valence-corrected chi connectivity index (χ2v) is 6.02. The number of hydrogen-bond donors (Lipinski definition) is 1. The van der Waals surface area contributed by atoms with E-state index in [4.69, 9.17) is 9.88 Å². The number of ether oxygens (including phenoxy) is 1. The van der Waals surface area contributed by atoms with Gasteiger partial charge >= 0.3 is 5.97 Å². The number of rotatable bonds is 6. The third kappa shape index (κ3) is 4.28. The Balaban J connectivity index is 2.98. The van der Waals surface area contributed by atoms with Crippen molar-refractivity contribution in [2.75, 3.05) is 6.61 Å². The maximum Gasteiger partial charge on any atom is 0.341 e. The number of unbranched alkanes of at least 4 members (excludes halogenated alkanes) is 2. The lowest BCUT2D eigenvalue weighted by atomic mass is 10.1. The van der Waals surface area contributed by atoms with E-state index >= 15 is 0 Å². The molecule has 1 aromatic rings. The molecular weight excluding hydrogens is 285 g/mol. The van der Waals surface area contributed by atoms with Gasteiger partial charge in [0, 0.05) is 0 Å². The van der Waals surface area contributed by atoms with Crippen LogP contribution in [0, 0.1) is 12.7 Å². The SMILES string of the molecule is CCCCCOC(=O)c1cc(S(N)(=O)=O)c(C)cc1F. The van der Waals surface area contributed by atoms with Gasteiger partial charge in [-0.15, -0.1) is 0 Å². The highest BCUT2D eigenvalue weighted by Gasteiger charge is 2.20. The van der Waals surface area contributed by atoms with E-state index < -0.39 is 27.4 Å². The first kappa shape index (κ1) is 16.6. The first-order valence-electron chi connectivity index (χ1n) is 6.27. The second kappa shape index (κ2) is 6.81.